The molecule has 234 valence electrons. The maximum atomic E-state index is 13.5. The second kappa shape index (κ2) is 14.3. The number of amides is 4. The third-order valence-corrected chi connectivity index (χ3v) is 7.47. The van der Waals surface area contributed by atoms with Crippen molar-refractivity contribution in [3.05, 3.63) is 127 Å². The first-order valence-electron chi connectivity index (χ1n) is 13.8. The van der Waals surface area contributed by atoms with Crippen molar-refractivity contribution < 1.29 is 33.5 Å². The minimum absolute atomic E-state index is 0.0338. The number of barbiturate groups is 1. The minimum Gasteiger partial charge on any atom is -0.490 e. The number of urea groups is 1. The van der Waals surface area contributed by atoms with E-state index in [-0.39, 0.29) is 46.7 Å². The summed E-state index contributed by atoms with van der Waals surface area (Å²) < 4.78 is 18.3. The Kier molecular flexibility index (Phi) is 9.99. The Morgan fingerprint density at radius 2 is 1.63 bits per heavy atom. The van der Waals surface area contributed by atoms with E-state index in [0.29, 0.717) is 23.5 Å². The molecule has 0 bridgehead atoms. The van der Waals surface area contributed by atoms with Gasteiger partial charge in [-0.2, -0.15) is 0 Å². The van der Waals surface area contributed by atoms with Crippen molar-refractivity contribution in [2.75, 3.05) is 11.5 Å². The first-order chi connectivity index (χ1) is 22.1. The molecule has 13 heteroatoms. The molecule has 1 N–H and O–H groups in total. The van der Waals surface area contributed by atoms with Crippen LogP contribution in [0.4, 0.5) is 16.2 Å². The normalized spacial score (nSPS) is 13.8. The van der Waals surface area contributed by atoms with Crippen LogP contribution in [0.2, 0.25) is 5.02 Å². The van der Waals surface area contributed by atoms with Crippen molar-refractivity contribution in [3.8, 4) is 17.2 Å². The van der Waals surface area contributed by atoms with Gasteiger partial charge in [-0.25, -0.2) is 9.69 Å². The van der Waals surface area contributed by atoms with Crippen LogP contribution in [0.25, 0.3) is 6.08 Å². The van der Waals surface area contributed by atoms with Crippen molar-refractivity contribution in [3.63, 3.8) is 0 Å². The third-order valence-electron chi connectivity index (χ3n) is 6.66. The number of carbonyl (C=O) groups excluding carboxylic acids is 3. The fourth-order valence-electron chi connectivity index (χ4n) is 4.49. The Labute approximate surface area is 276 Å². The van der Waals surface area contributed by atoms with Crippen molar-refractivity contribution in [2.24, 2.45) is 0 Å². The molecule has 5 rings (SSSR count). The molecular weight excluding hydrogens is 682 g/mol. The summed E-state index contributed by atoms with van der Waals surface area (Å²) in [7, 11) is 0. The molecule has 4 aromatic rings. The number of non-ortho nitro benzene ring substituents is 1. The van der Waals surface area contributed by atoms with E-state index in [1.165, 1.54) is 30.3 Å². The zero-order chi connectivity index (χ0) is 32.8. The number of benzene rings is 4. The number of hydrogen-bond donors (Lipinski definition) is 1. The van der Waals surface area contributed by atoms with E-state index in [1.807, 2.05) is 24.3 Å². The average Bonchev–Trinajstić information content (AvgIpc) is 3.03. The first kappa shape index (κ1) is 32.2. The van der Waals surface area contributed by atoms with Crippen LogP contribution in [0.3, 0.4) is 0 Å². The highest BCUT2D eigenvalue weighted by molar-refractivity contribution is 9.10. The van der Waals surface area contributed by atoms with Crippen LogP contribution < -0.4 is 24.4 Å². The number of nitrogens with one attached hydrogen (secondary N) is 1. The standard InChI is InChI=1S/C33H25BrClN3O8/c1-2-44-29-17-22(16-28(35)30(29)46-19-21-4-3-5-25(14-21)38(42)43)15-27-31(39)36-33(41)37(32(27)40)24-10-12-26(13-11-24)45-18-20-6-8-23(34)9-7-20/h3-17H,2,18-19H2,1H3,(H,36,39,41)/b27-15+. The van der Waals surface area contributed by atoms with Gasteiger partial charge in [-0.05, 0) is 78.2 Å². The van der Waals surface area contributed by atoms with Crippen LogP contribution in [0.5, 0.6) is 17.2 Å². The molecule has 0 radical (unpaired) electrons. The quantitative estimate of drug-likeness (QED) is 0.0746. The van der Waals surface area contributed by atoms with Crippen LogP contribution in [0.1, 0.15) is 23.6 Å². The zero-order valence-corrected chi connectivity index (χ0v) is 26.5. The average molecular weight is 707 g/mol. The Bertz CT molecular complexity index is 1850. The van der Waals surface area contributed by atoms with Gasteiger partial charge in [0.25, 0.3) is 17.5 Å². The minimum atomic E-state index is -0.895. The number of ether oxygens (including phenoxy) is 3. The van der Waals surface area contributed by atoms with Gasteiger partial charge in [0.1, 0.15) is 24.5 Å². The molecule has 0 spiro atoms. The summed E-state index contributed by atoms with van der Waals surface area (Å²) in [6.07, 6.45) is 1.30. The largest absolute Gasteiger partial charge is 0.490 e. The Hall–Kier alpha value is -5.20. The second-order valence-corrected chi connectivity index (χ2v) is 11.2. The van der Waals surface area contributed by atoms with Crippen LogP contribution in [0.15, 0.2) is 95.0 Å². The lowest BCUT2D eigenvalue weighted by molar-refractivity contribution is -0.384. The van der Waals surface area contributed by atoms with Gasteiger partial charge in [0.15, 0.2) is 11.5 Å². The molecule has 0 atom stereocenters. The van der Waals surface area contributed by atoms with E-state index >= 15 is 0 Å². The van der Waals surface area contributed by atoms with Gasteiger partial charge < -0.3 is 14.2 Å². The number of halogens is 2. The van der Waals surface area contributed by atoms with Crippen LogP contribution in [0, 0.1) is 10.1 Å². The molecule has 1 fully saturated rings. The molecule has 1 saturated heterocycles. The predicted octanol–water partition coefficient (Wildman–Crippen LogP) is 7.23. The Morgan fingerprint density at radius 1 is 0.913 bits per heavy atom. The van der Waals surface area contributed by atoms with E-state index in [9.17, 15) is 24.5 Å². The lowest BCUT2D eigenvalue weighted by Crippen LogP contribution is -2.54. The van der Waals surface area contributed by atoms with E-state index in [4.69, 9.17) is 25.8 Å². The van der Waals surface area contributed by atoms with Crippen LogP contribution in [-0.4, -0.2) is 29.4 Å². The SMILES string of the molecule is CCOc1cc(/C=C2\C(=O)NC(=O)N(c3ccc(OCc4ccc(Br)cc4)cc3)C2=O)cc(Cl)c1OCc1cccc([N+](=O)[O-])c1. The summed E-state index contributed by atoms with van der Waals surface area (Å²) in [6.45, 7) is 2.28. The van der Waals surface area contributed by atoms with E-state index in [2.05, 4.69) is 21.2 Å². The van der Waals surface area contributed by atoms with Gasteiger partial charge in [-0.15, -0.1) is 0 Å². The van der Waals surface area contributed by atoms with E-state index < -0.39 is 22.8 Å². The van der Waals surface area contributed by atoms with Crippen LogP contribution in [-0.2, 0) is 22.8 Å². The van der Waals surface area contributed by atoms with Crippen molar-refractivity contribution in [1.82, 2.24) is 5.32 Å². The van der Waals surface area contributed by atoms with Crippen molar-refractivity contribution in [2.45, 2.75) is 20.1 Å². The topological polar surface area (TPSA) is 137 Å². The summed E-state index contributed by atoms with van der Waals surface area (Å²) in [6, 6.07) is 22.1. The number of carbonyl (C=O) groups is 3. The van der Waals surface area contributed by atoms with Gasteiger partial charge >= 0.3 is 6.03 Å². The maximum Gasteiger partial charge on any atom is 0.335 e. The predicted molar refractivity (Wildman–Crippen MR) is 174 cm³/mol. The molecule has 0 aliphatic carbocycles. The number of nitro benzene ring substituents is 1. The van der Waals surface area contributed by atoms with Gasteiger partial charge in [0.05, 0.1) is 22.2 Å². The summed E-state index contributed by atoms with van der Waals surface area (Å²) >= 11 is 9.93. The Morgan fingerprint density at radius 3 is 2.33 bits per heavy atom. The molecule has 4 aromatic carbocycles. The molecule has 1 heterocycles. The molecule has 0 aromatic heterocycles. The zero-order valence-electron chi connectivity index (χ0n) is 24.2. The lowest BCUT2D eigenvalue weighted by atomic mass is 10.1. The first-order valence-corrected chi connectivity index (χ1v) is 15.0. The third kappa shape index (κ3) is 7.53. The molecule has 11 nitrogen and oxygen atoms in total. The fourth-order valence-corrected chi connectivity index (χ4v) is 5.02. The van der Waals surface area contributed by atoms with Gasteiger partial charge in [0.2, 0.25) is 0 Å². The van der Waals surface area contributed by atoms with E-state index in [1.54, 1.807) is 43.3 Å². The van der Waals surface area contributed by atoms with Gasteiger partial charge in [-0.3, -0.25) is 25.0 Å². The molecule has 46 heavy (non-hydrogen) atoms. The highest BCUT2D eigenvalue weighted by atomic mass is 79.9. The number of anilines is 1. The molecule has 1 aliphatic rings. The number of imide groups is 2. The van der Waals surface area contributed by atoms with Crippen LogP contribution >= 0.6 is 27.5 Å². The monoisotopic (exact) mass is 705 g/mol. The number of nitro groups is 1. The summed E-state index contributed by atoms with van der Waals surface area (Å²) in [5.41, 5.74) is 1.68. The molecule has 0 unspecified atom stereocenters. The second-order valence-electron chi connectivity index (χ2n) is 9.85. The molecule has 1 aliphatic heterocycles. The Balaban J connectivity index is 1.35. The van der Waals surface area contributed by atoms with E-state index in [0.717, 1.165) is 14.9 Å². The lowest BCUT2D eigenvalue weighted by Gasteiger charge is -2.26. The van der Waals surface area contributed by atoms with Gasteiger partial charge in [-0.1, -0.05) is 51.8 Å². The number of rotatable bonds is 11. The summed E-state index contributed by atoms with van der Waals surface area (Å²) in [4.78, 5) is 50.5. The highest BCUT2D eigenvalue weighted by Crippen LogP contribution is 2.38. The van der Waals surface area contributed by atoms with Crippen molar-refractivity contribution >= 4 is 62.8 Å². The molecule has 4 amide bonds. The fraction of sp³-hybridized carbons (Fsp3) is 0.121. The molecular formula is C33H25BrClN3O8. The number of nitrogens with zero attached hydrogens (tertiary/aromatic N) is 2. The maximum absolute atomic E-state index is 13.5. The molecule has 0 saturated carbocycles. The van der Waals surface area contributed by atoms with Gasteiger partial charge in [0, 0.05) is 16.6 Å². The number of hydrogen-bond acceptors (Lipinski definition) is 8. The highest BCUT2D eigenvalue weighted by Gasteiger charge is 2.37. The summed E-state index contributed by atoms with van der Waals surface area (Å²) in [5, 5.41) is 13.4. The smallest absolute Gasteiger partial charge is 0.335 e. The summed E-state index contributed by atoms with van der Waals surface area (Å²) in [5.74, 6) is -0.786. The van der Waals surface area contributed by atoms with Crippen molar-refractivity contribution in [1.29, 1.82) is 0 Å².